The van der Waals surface area contributed by atoms with Crippen molar-refractivity contribution < 1.29 is 10.2 Å². The topological polar surface area (TPSA) is 69.5 Å². The predicted molar refractivity (Wildman–Crippen MR) is 117 cm³/mol. The van der Waals surface area contributed by atoms with Crippen LogP contribution >= 0.6 is 11.3 Å². The third kappa shape index (κ3) is 3.33. The standard InChI is InChI=1S/C23H27N3O2S/c27-14-23(12-16-6-2-1-3-7-16)13-26(11-10-19(23)28)21-20-17-8-4-5-9-18(17)29-22(20)25-15-24-21/h1-3,6-7,15,19,27-28H,4-5,8-14H2/t19-,23+/m0/s1. The van der Waals surface area contributed by atoms with Gasteiger partial charge in [-0.3, -0.25) is 0 Å². The van der Waals surface area contributed by atoms with Crippen molar-refractivity contribution in [1.82, 2.24) is 9.97 Å². The first kappa shape index (κ1) is 19.0. The smallest absolute Gasteiger partial charge is 0.141 e. The molecule has 3 aromatic rings. The number of benzene rings is 1. The zero-order valence-electron chi connectivity index (χ0n) is 16.5. The molecule has 0 radical (unpaired) electrons. The number of aliphatic hydroxyl groups is 2. The van der Waals surface area contributed by atoms with Crippen LogP contribution in [-0.2, 0) is 19.3 Å². The molecule has 0 unspecified atom stereocenters. The highest BCUT2D eigenvalue weighted by Crippen LogP contribution is 2.42. The summed E-state index contributed by atoms with van der Waals surface area (Å²) in [6.07, 6.45) is 7.14. The molecule has 0 amide bonds. The van der Waals surface area contributed by atoms with Gasteiger partial charge in [0.2, 0.25) is 0 Å². The lowest BCUT2D eigenvalue weighted by Gasteiger charge is -2.46. The van der Waals surface area contributed by atoms with Crippen molar-refractivity contribution in [2.75, 3.05) is 24.6 Å². The number of thiophene rings is 1. The number of piperidine rings is 1. The maximum atomic E-state index is 10.9. The maximum Gasteiger partial charge on any atom is 0.141 e. The summed E-state index contributed by atoms with van der Waals surface area (Å²) in [7, 11) is 0. The van der Waals surface area contributed by atoms with Crippen LogP contribution in [0.25, 0.3) is 10.2 Å². The second kappa shape index (κ2) is 7.67. The lowest BCUT2D eigenvalue weighted by atomic mass is 9.73. The van der Waals surface area contributed by atoms with Crippen molar-refractivity contribution in [3.05, 3.63) is 52.7 Å². The largest absolute Gasteiger partial charge is 0.396 e. The lowest BCUT2D eigenvalue weighted by molar-refractivity contribution is -0.0292. The number of anilines is 1. The van der Waals surface area contributed by atoms with E-state index in [0.29, 0.717) is 19.4 Å². The molecule has 5 nitrogen and oxygen atoms in total. The van der Waals surface area contributed by atoms with Gasteiger partial charge in [0.15, 0.2) is 0 Å². The Kier molecular flexibility index (Phi) is 5.02. The van der Waals surface area contributed by atoms with Crippen molar-refractivity contribution in [2.45, 2.75) is 44.6 Å². The Balaban J connectivity index is 1.53. The van der Waals surface area contributed by atoms with Gasteiger partial charge in [-0.05, 0) is 49.7 Å². The molecule has 5 rings (SSSR count). The fourth-order valence-electron chi connectivity index (χ4n) is 5.03. The summed E-state index contributed by atoms with van der Waals surface area (Å²) >= 11 is 1.81. The van der Waals surface area contributed by atoms with E-state index in [1.165, 1.54) is 28.7 Å². The summed E-state index contributed by atoms with van der Waals surface area (Å²) in [4.78, 5) is 14.1. The number of aromatic nitrogens is 2. The predicted octanol–water partition coefficient (Wildman–Crippen LogP) is 3.36. The fourth-order valence-corrected chi connectivity index (χ4v) is 6.25. The Labute approximate surface area is 175 Å². The summed E-state index contributed by atoms with van der Waals surface area (Å²) in [5.74, 6) is 0.979. The highest BCUT2D eigenvalue weighted by atomic mass is 32.1. The molecule has 1 aliphatic carbocycles. The number of hydrogen-bond acceptors (Lipinski definition) is 6. The molecule has 0 bridgehead atoms. The number of aliphatic hydroxyl groups excluding tert-OH is 2. The molecule has 2 atom stereocenters. The summed E-state index contributed by atoms with van der Waals surface area (Å²) in [5, 5.41) is 22.5. The van der Waals surface area contributed by atoms with Gasteiger partial charge in [0, 0.05) is 23.4 Å². The first-order chi connectivity index (χ1) is 14.2. The van der Waals surface area contributed by atoms with Crippen LogP contribution in [0.3, 0.4) is 0 Å². The lowest BCUT2D eigenvalue weighted by Crippen LogP contribution is -2.55. The molecule has 1 fully saturated rings. The zero-order valence-corrected chi connectivity index (χ0v) is 17.4. The van der Waals surface area contributed by atoms with Gasteiger partial charge in [-0.2, -0.15) is 0 Å². The van der Waals surface area contributed by atoms with Crippen LogP contribution in [0, 0.1) is 5.41 Å². The first-order valence-corrected chi connectivity index (χ1v) is 11.3. The Bertz CT molecular complexity index is 1010. The highest BCUT2D eigenvalue weighted by molar-refractivity contribution is 7.19. The van der Waals surface area contributed by atoms with E-state index in [1.54, 1.807) is 6.33 Å². The Morgan fingerprint density at radius 2 is 1.97 bits per heavy atom. The van der Waals surface area contributed by atoms with E-state index < -0.39 is 11.5 Å². The minimum atomic E-state index is -0.590. The van der Waals surface area contributed by atoms with Crippen molar-refractivity contribution in [3.8, 4) is 0 Å². The van der Waals surface area contributed by atoms with Gasteiger partial charge >= 0.3 is 0 Å². The molecule has 29 heavy (non-hydrogen) atoms. The van der Waals surface area contributed by atoms with Crippen LogP contribution in [-0.4, -0.2) is 46.0 Å². The van der Waals surface area contributed by atoms with Gasteiger partial charge < -0.3 is 15.1 Å². The molecular formula is C23H27N3O2S. The van der Waals surface area contributed by atoms with Crippen LogP contribution in [0.2, 0.25) is 0 Å². The number of aryl methyl sites for hydroxylation is 2. The molecule has 152 valence electrons. The Morgan fingerprint density at radius 1 is 1.14 bits per heavy atom. The van der Waals surface area contributed by atoms with E-state index in [-0.39, 0.29) is 6.61 Å². The molecule has 6 heteroatoms. The molecule has 3 heterocycles. The van der Waals surface area contributed by atoms with Gasteiger partial charge in [0.25, 0.3) is 0 Å². The molecule has 0 saturated carbocycles. The van der Waals surface area contributed by atoms with Gasteiger partial charge in [-0.15, -0.1) is 11.3 Å². The van der Waals surface area contributed by atoms with Crippen molar-refractivity contribution in [3.63, 3.8) is 0 Å². The van der Waals surface area contributed by atoms with Gasteiger partial charge in [0.1, 0.15) is 17.0 Å². The number of nitrogens with zero attached hydrogens (tertiary/aromatic N) is 3. The van der Waals surface area contributed by atoms with E-state index >= 15 is 0 Å². The third-order valence-electron chi connectivity index (χ3n) is 6.63. The quantitative estimate of drug-likeness (QED) is 0.692. The van der Waals surface area contributed by atoms with Crippen molar-refractivity contribution >= 4 is 27.4 Å². The molecular weight excluding hydrogens is 382 g/mol. The monoisotopic (exact) mass is 409 g/mol. The van der Waals surface area contributed by atoms with E-state index in [0.717, 1.165) is 35.6 Å². The molecule has 1 aromatic carbocycles. The van der Waals surface area contributed by atoms with Crippen LogP contribution < -0.4 is 4.90 Å². The first-order valence-electron chi connectivity index (χ1n) is 10.5. The van der Waals surface area contributed by atoms with Gasteiger partial charge in [-0.1, -0.05) is 30.3 Å². The Hall–Kier alpha value is -2.02. The molecule has 1 aliphatic heterocycles. The SMILES string of the molecule is OC[C@@]1(Cc2ccccc2)CN(c2ncnc3sc4c(c23)CCCC4)CC[C@@H]1O. The molecule has 2 N–H and O–H groups in total. The molecule has 2 aromatic heterocycles. The average molecular weight is 410 g/mol. The van der Waals surface area contributed by atoms with Crippen molar-refractivity contribution in [2.24, 2.45) is 5.41 Å². The third-order valence-corrected chi connectivity index (χ3v) is 7.83. The molecule has 1 saturated heterocycles. The normalized spacial score (nSPS) is 24.6. The van der Waals surface area contributed by atoms with E-state index in [9.17, 15) is 10.2 Å². The van der Waals surface area contributed by atoms with Crippen LogP contribution in [0.4, 0.5) is 5.82 Å². The van der Waals surface area contributed by atoms with Crippen LogP contribution in [0.1, 0.15) is 35.3 Å². The second-order valence-electron chi connectivity index (χ2n) is 8.50. The highest BCUT2D eigenvalue weighted by Gasteiger charge is 2.43. The minimum Gasteiger partial charge on any atom is -0.396 e. The maximum absolute atomic E-state index is 10.9. The van der Waals surface area contributed by atoms with Crippen LogP contribution in [0.5, 0.6) is 0 Å². The fraction of sp³-hybridized carbons (Fsp3) is 0.478. The van der Waals surface area contributed by atoms with Gasteiger partial charge in [-0.25, -0.2) is 9.97 Å². The summed E-state index contributed by atoms with van der Waals surface area (Å²) in [6, 6.07) is 10.2. The van der Waals surface area contributed by atoms with E-state index in [2.05, 4.69) is 22.0 Å². The van der Waals surface area contributed by atoms with Crippen molar-refractivity contribution in [1.29, 1.82) is 0 Å². The molecule has 0 spiro atoms. The summed E-state index contributed by atoms with van der Waals surface area (Å²) < 4.78 is 0. The Morgan fingerprint density at radius 3 is 2.79 bits per heavy atom. The number of hydrogen-bond donors (Lipinski definition) is 2. The second-order valence-corrected chi connectivity index (χ2v) is 9.58. The van der Waals surface area contributed by atoms with Gasteiger partial charge in [0.05, 0.1) is 18.1 Å². The minimum absolute atomic E-state index is 0.0461. The zero-order chi connectivity index (χ0) is 19.8. The van der Waals surface area contributed by atoms with Crippen LogP contribution in [0.15, 0.2) is 36.7 Å². The average Bonchev–Trinajstić information content (AvgIpc) is 3.15. The number of fused-ring (bicyclic) bond motifs is 3. The summed E-state index contributed by atoms with van der Waals surface area (Å²) in [5.41, 5.74) is 1.98. The van der Waals surface area contributed by atoms with E-state index in [4.69, 9.17) is 4.98 Å². The van der Waals surface area contributed by atoms with E-state index in [1.807, 2.05) is 29.5 Å². The molecule has 2 aliphatic rings. The number of rotatable bonds is 4. The summed E-state index contributed by atoms with van der Waals surface area (Å²) in [6.45, 7) is 1.29.